The standard InChI is InChI=1S/C16H22N4OS/c1-13-6-10-22-15(13)12-20(2)16(21)19-9-4-8-18-14-5-3-7-17-11-14/h3,5-7,10-11,18H,4,8-9,12H2,1-2H3,(H,19,21). The van der Waals surface area contributed by atoms with Crippen molar-refractivity contribution in [3.63, 3.8) is 0 Å². The third kappa shape index (κ3) is 5.04. The van der Waals surface area contributed by atoms with E-state index in [-0.39, 0.29) is 6.03 Å². The van der Waals surface area contributed by atoms with Gasteiger partial charge in [0.25, 0.3) is 0 Å². The summed E-state index contributed by atoms with van der Waals surface area (Å²) in [5, 5.41) is 8.26. The van der Waals surface area contributed by atoms with Gasteiger partial charge in [-0.25, -0.2) is 4.79 Å². The van der Waals surface area contributed by atoms with Crippen LogP contribution in [-0.4, -0.2) is 36.1 Å². The molecule has 2 rings (SSSR count). The number of amides is 2. The minimum Gasteiger partial charge on any atom is -0.384 e. The van der Waals surface area contributed by atoms with Crippen LogP contribution in [0, 0.1) is 6.92 Å². The smallest absolute Gasteiger partial charge is 0.317 e. The van der Waals surface area contributed by atoms with E-state index in [1.807, 2.05) is 19.2 Å². The molecular formula is C16H22N4OS. The van der Waals surface area contributed by atoms with Crippen LogP contribution in [0.25, 0.3) is 0 Å². The van der Waals surface area contributed by atoms with Gasteiger partial charge in [-0.15, -0.1) is 11.3 Å². The van der Waals surface area contributed by atoms with E-state index in [1.165, 1.54) is 10.4 Å². The minimum atomic E-state index is -0.0332. The lowest BCUT2D eigenvalue weighted by Gasteiger charge is -2.17. The molecule has 2 heterocycles. The Bertz CT molecular complexity index is 585. The first-order valence-corrected chi connectivity index (χ1v) is 8.20. The molecule has 0 aromatic carbocycles. The Morgan fingerprint density at radius 3 is 2.91 bits per heavy atom. The summed E-state index contributed by atoms with van der Waals surface area (Å²) >= 11 is 1.69. The molecule has 0 fully saturated rings. The van der Waals surface area contributed by atoms with Crippen molar-refractivity contribution in [2.45, 2.75) is 19.9 Å². The Labute approximate surface area is 135 Å². The Hall–Kier alpha value is -2.08. The number of anilines is 1. The highest BCUT2D eigenvalue weighted by Crippen LogP contribution is 2.17. The van der Waals surface area contributed by atoms with Crippen LogP contribution < -0.4 is 10.6 Å². The van der Waals surface area contributed by atoms with Crippen LogP contribution in [0.2, 0.25) is 0 Å². The van der Waals surface area contributed by atoms with Gasteiger partial charge in [-0.05, 0) is 42.5 Å². The topological polar surface area (TPSA) is 57.3 Å². The van der Waals surface area contributed by atoms with Crippen LogP contribution in [0.4, 0.5) is 10.5 Å². The van der Waals surface area contributed by atoms with Gasteiger partial charge in [-0.1, -0.05) is 0 Å². The molecule has 2 amide bonds. The van der Waals surface area contributed by atoms with Crippen molar-refractivity contribution in [3.8, 4) is 0 Å². The van der Waals surface area contributed by atoms with Gasteiger partial charge < -0.3 is 15.5 Å². The largest absolute Gasteiger partial charge is 0.384 e. The van der Waals surface area contributed by atoms with Gasteiger partial charge in [-0.3, -0.25) is 4.98 Å². The molecule has 5 nitrogen and oxygen atoms in total. The van der Waals surface area contributed by atoms with Crippen LogP contribution in [0.5, 0.6) is 0 Å². The fraction of sp³-hybridized carbons (Fsp3) is 0.375. The van der Waals surface area contributed by atoms with Gasteiger partial charge >= 0.3 is 6.03 Å². The normalized spacial score (nSPS) is 10.3. The Balaban J connectivity index is 1.62. The summed E-state index contributed by atoms with van der Waals surface area (Å²) in [4.78, 5) is 19.0. The summed E-state index contributed by atoms with van der Waals surface area (Å²) < 4.78 is 0. The molecule has 0 saturated heterocycles. The Morgan fingerprint density at radius 1 is 1.36 bits per heavy atom. The van der Waals surface area contributed by atoms with E-state index in [4.69, 9.17) is 0 Å². The zero-order chi connectivity index (χ0) is 15.8. The molecule has 0 unspecified atom stereocenters. The molecule has 0 saturated carbocycles. The number of carbonyl (C=O) groups excluding carboxylic acids is 1. The Morgan fingerprint density at radius 2 is 2.23 bits per heavy atom. The first kappa shape index (κ1) is 16.3. The van der Waals surface area contributed by atoms with Crippen molar-refractivity contribution in [1.82, 2.24) is 15.2 Å². The zero-order valence-electron chi connectivity index (χ0n) is 13.0. The van der Waals surface area contributed by atoms with E-state index >= 15 is 0 Å². The SMILES string of the molecule is Cc1ccsc1CN(C)C(=O)NCCCNc1cccnc1. The maximum absolute atomic E-state index is 12.0. The average Bonchev–Trinajstić information content (AvgIpc) is 2.93. The first-order valence-electron chi connectivity index (χ1n) is 7.32. The number of urea groups is 1. The van der Waals surface area contributed by atoms with E-state index in [0.717, 1.165) is 18.7 Å². The quantitative estimate of drug-likeness (QED) is 0.771. The maximum atomic E-state index is 12.0. The Kier molecular flexibility index (Phi) is 6.21. The molecular weight excluding hydrogens is 296 g/mol. The fourth-order valence-electron chi connectivity index (χ4n) is 1.97. The van der Waals surface area contributed by atoms with E-state index in [9.17, 15) is 4.79 Å². The van der Waals surface area contributed by atoms with E-state index < -0.39 is 0 Å². The molecule has 0 spiro atoms. The molecule has 0 aliphatic heterocycles. The number of hydrogen-bond donors (Lipinski definition) is 2. The van der Waals surface area contributed by atoms with Crippen molar-refractivity contribution in [1.29, 1.82) is 0 Å². The highest BCUT2D eigenvalue weighted by atomic mass is 32.1. The van der Waals surface area contributed by atoms with Crippen LogP contribution in [0.15, 0.2) is 36.0 Å². The van der Waals surface area contributed by atoms with Crippen LogP contribution in [0.1, 0.15) is 16.9 Å². The molecule has 2 aromatic heterocycles. The van der Waals surface area contributed by atoms with Gasteiger partial charge in [0.2, 0.25) is 0 Å². The number of rotatable bonds is 7. The lowest BCUT2D eigenvalue weighted by molar-refractivity contribution is 0.207. The zero-order valence-corrected chi connectivity index (χ0v) is 13.8. The summed E-state index contributed by atoms with van der Waals surface area (Å²) in [7, 11) is 1.82. The molecule has 2 N–H and O–H groups in total. The predicted octanol–water partition coefficient (Wildman–Crippen LogP) is 3.10. The molecule has 118 valence electrons. The summed E-state index contributed by atoms with van der Waals surface area (Å²) in [5.41, 5.74) is 2.24. The molecule has 0 bridgehead atoms. The van der Waals surface area contributed by atoms with Crippen molar-refractivity contribution in [3.05, 3.63) is 46.4 Å². The number of pyridine rings is 1. The molecule has 0 atom stereocenters. The summed E-state index contributed by atoms with van der Waals surface area (Å²) in [6.45, 7) is 4.19. The number of hydrogen-bond acceptors (Lipinski definition) is 4. The predicted molar refractivity (Wildman–Crippen MR) is 91.3 cm³/mol. The lowest BCUT2D eigenvalue weighted by Crippen LogP contribution is -2.37. The van der Waals surface area contributed by atoms with Crippen LogP contribution in [-0.2, 0) is 6.54 Å². The number of aryl methyl sites for hydroxylation is 1. The number of nitrogens with one attached hydrogen (secondary N) is 2. The number of aromatic nitrogens is 1. The lowest BCUT2D eigenvalue weighted by atomic mass is 10.3. The second-order valence-electron chi connectivity index (χ2n) is 5.14. The van der Waals surface area contributed by atoms with Crippen molar-refractivity contribution >= 4 is 23.1 Å². The molecule has 22 heavy (non-hydrogen) atoms. The number of carbonyl (C=O) groups is 1. The van der Waals surface area contributed by atoms with Gasteiger partial charge in [0, 0.05) is 37.4 Å². The van der Waals surface area contributed by atoms with E-state index in [0.29, 0.717) is 13.1 Å². The van der Waals surface area contributed by atoms with E-state index in [1.54, 1.807) is 28.6 Å². The summed E-state index contributed by atoms with van der Waals surface area (Å²) in [6, 6.07) is 5.92. The third-order valence-electron chi connectivity index (χ3n) is 3.32. The molecule has 6 heteroatoms. The fourth-order valence-corrected chi connectivity index (χ4v) is 2.93. The van der Waals surface area contributed by atoms with E-state index in [2.05, 4.69) is 34.0 Å². The van der Waals surface area contributed by atoms with Gasteiger partial charge in [0.1, 0.15) is 0 Å². The van der Waals surface area contributed by atoms with Crippen molar-refractivity contribution in [2.75, 3.05) is 25.5 Å². The summed E-state index contributed by atoms with van der Waals surface area (Å²) in [6.07, 6.45) is 4.40. The number of nitrogens with zero attached hydrogens (tertiary/aromatic N) is 2. The second-order valence-corrected chi connectivity index (χ2v) is 6.14. The molecule has 0 aliphatic rings. The minimum absolute atomic E-state index is 0.0332. The highest BCUT2D eigenvalue weighted by molar-refractivity contribution is 7.10. The third-order valence-corrected chi connectivity index (χ3v) is 4.32. The average molecular weight is 318 g/mol. The maximum Gasteiger partial charge on any atom is 0.317 e. The molecule has 0 radical (unpaired) electrons. The highest BCUT2D eigenvalue weighted by Gasteiger charge is 2.10. The first-order chi connectivity index (χ1) is 10.7. The van der Waals surface area contributed by atoms with Crippen molar-refractivity contribution < 1.29 is 4.79 Å². The molecule has 2 aromatic rings. The van der Waals surface area contributed by atoms with Gasteiger partial charge in [0.15, 0.2) is 0 Å². The van der Waals surface area contributed by atoms with Crippen LogP contribution in [0.3, 0.4) is 0 Å². The van der Waals surface area contributed by atoms with Gasteiger partial charge in [0.05, 0.1) is 12.2 Å². The van der Waals surface area contributed by atoms with Crippen molar-refractivity contribution in [2.24, 2.45) is 0 Å². The molecule has 0 aliphatic carbocycles. The van der Waals surface area contributed by atoms with Gasteiger partial charge in [-0.2, -0.15) is 0 Å². The number of thiophene rings is 1. The second kappa shape index (κ2) is 8.38. The van der Waals surface area contributed by atoms with Crippen LogP contribution >= 0.6 is 11.3 Å². The summed E-state index contributed by atoms with van der Waals surface area (Å²) in [5.74, 6) is 0. The monoisotopic (exact) mass is 318 g/mol.